The van der Waals surface area contributed by atoms with Crippen LogP contribution in [0.4, 0.5) is 0 Å². The molecule has 1 atom stereocenters. The maximum absolute atomic E-state index is 10.4. The van der Waals surface area contributed by atoms with Gasteiger partial charge in [-0.25, -0.2) is 0 Å². The van der Waals surface area contributed by atoms with Crippen molar-refractivity contribution in [3.63, 3.8) is 0 Å². The normalized spacial score (nSPS) is 28.2. The van der Waals surface area contributed by atoms with Crippen LogP contribution in [0.25, 0.3) is 0 Å². The van der Waals surface area contributed by atoms with E-state index in [-0.39, 0.29) is 11.8 Å². The fourth-order valence-corrected chi connectivity index (χ4v) is 0.897. The van der Waals surface area contributed by atoms with Crippen LogP contribution < -0.4 is 11.1 Å². The summed E-state index contributed by atoms with van der Waals surface area (Å²) in [5, 5.41) is 3.05. The Balaban J connectivity index is 2.35. The van der Waals surface area contributed by atoms with Crippen LogP contribution in [0.2, 0.25) is 0 Å². The fourth-order valence-electron chi connectivity index (χ4n) is 0.897. The molecule has 1 aliphatic rings. The maximum atomic E-state index is 10.4. The Kier molecular flexibility index (Phi) is 1.48. The van der Waals surface area contributed by atoms with E-state index in [0.29, 0.717) is 0 Å². The third-order valence-corrected chi connectivity index (χ3v) is 1.46. The van der Waals surface area contributed by atoms with Gasteiger partial charge in [0.05, 0.1) is 5.92 Å². The van der Waals surface area contributed by atoms with E-state index in [1.165, 1.54) is 0 Å². The average molecular weight is 114 g/mol. The van der Waals surface area contributed by atoms with Crippen molar-refractivity contribution >= 4 is 5.91 Å². The molecule has 1 heterocycles. The van der Waals surface area contributed by atoms with Crippen LogP contribution in [0.15, 0.2) is 0 Å². The Bertz CT molecular complexity index is 96.6. The summed E-state index contributed by atoms with van der Waals surface area (Å²) in [6, 6.07) is 0. The van der Waals surface area contributed by atoms with E-state index in [0.717, 1.165) is 19.5 Å². The van der Waals surface area contributed by atoms with Crippen molar-refractivity contribution in [2.45, 2.75) is 6.42 Å². The molecular weight excluding hydrogens is 104 g/mol. The molecule has 1 aliphatic heterocycles. The molecule has 0 aliphatic carbocycles. The SMILES string of the molecule is NC(=O)[C@H]1CCNC1. The van der Waals surface area contributed by atoms with Crippen molar-refractivity contribution in [1.82, 2.24) is 5.32 Å². The van der Waals surface area contributed by atoms with E-state index in [9.17, 15) is 4.79 Å². The highest BCUT2D eigenvalue weighted by atomic mass is 16.1. The molecule has 46 valence electrons. The second-order valence-electron chi connectivity index (χ2n) is 2.09. The standard InChI is InChI=1S/C5H10N2O/c6-5(8)4-1-2-7-3-4/h4,7H,1-3H2,(H2,6,8)/t4-/m0/s1. The van der Waals surface area contributed by atoms with Gasteiger partial charge >= 0.3 is 0 Å². The van der Waals surface area contributed by atoms with Crippen LogP contribution in [-0.2, 0) is 4.79 Å². The summed E-state index contributed by atoms with van der Waals surface area (Å²) in [6.45, 7) is 1.71. The molecule has 0 aromatic carbocycles. The lowest BCUT2D eigenvalue weighted by molar-refractivity contribution is -0.121. The molecule has 1 amide bonds. The third-order valence-electron chi connectivity index (χ3n) is 1.46. The van der Waals surface area contributed by atoms with Gasteiger partial charge in [0.25, 0.3) is 0 Å². The number of hydrogen-bond acceptors (Lipinski definition) is 2. The Morgan fingerprint density at radius 1 is 1.75 bits per heavy atom. The summed E-state index contributed by atoms with van der Waals surface area (Å²) >= 11 is 0. The highest BCUT2D eigenvalue weighted by molar-refractivity contribution is 5.77. The van der Waals surface area contributed by atoms with Crippen molar-refractivity contribution in [1.29, 1.82) is 0 Å². The highest BCUT2D eigenvalue weighted by Crippen LogP contribution is 2.04. The predicted molar refractivity (Wildman–Crippen MR) is 30.2 cm³/mol. The second kappa shape index (κ2) is 2.13. The average Bonchev–Trinajstić information content (AvgIpc) is 2.12. The number of hydrogen-bond donors (Lipinski definition) is 2. The van der Waals surface area contributed by atoms with Crippen LogP contribution in [0.5, 0.6) is 0 Å². The van der Waals surface area contributed by atoms with E-state index in [2.05, 4.69) is 5.32 Å². The first-order valence-electron chi connectivity index (χ1n) is 2.81. The highest BCUT2D eigenvalue weighted by Gasteiger charge is 2.18. The predicted octanol–water partition coefficient (Wildman–Crippen LogP) is -0.919. The lowest BCUT2D eigenvalue weighted by atomic mass is 10.1. The Labute approximate surface area is 48.2 Å². The van der Waals surface area contributed by atoms with Crippen molar-refractivity contribution in [3.05, 3.63) is 0 Å². The van der Waals surface area contributed by atoms with Crippen LogP contribution >= 0.6 is 0 Å². The van der Waals surface area contributed by atoms with Gasteiger partial charge in [-0.2, -0.15) is 0 Å². The van der Waals surface area contributed by atoms with Gasteiger partial charge < -0.3 is 11.1 Å². The molecule has 3 N–H and O–H groups in total. The van der Waals surface area contributed by atoms with Crippen molar-refractivity contribution in [2.75, 3.05) is 13.1 Å². The van der Waals surface area contributed by atoms with Crippen LogP contribution in [0.1, 0.15) is 6.42 Å². The Hall–Kier alpha value is -0.570. The van der Waals surface area contributed by atoms with Gasteiger partial charge in [-0.1, -0.05) is 0 Å². The molecule has 0 saturated carbocycles. The van der Waals surface area contributed by atoms with Gasteiger partial charge in [0.15, 0.2) is 0 Å². The first-order valence-corrected chi connectivity index (χ1v) is 2.81. The van der Waals surface area contributed by atoms with Crippen LogP contribution in [0.3, 0.4) is 0 Å². The van der Waals surface area contributed by atoms with Crippen LogP contribution in [0, 0.1) is 5.92 Å². The topological polar surface area (TPSA) is 55.1 Å². The quantitative estimate of drug-likeness (QED) is 0.463. The number of amides is 1. The molecule has 8 heavy (non-hydrogen) atoms. The molecule has 3 nitrogen and oxygen atoms in total. The van der Waals surface area contributed by atoms with E-state index in [4.69, 9.17) is 5.73 Å². The summed E-state index contributed by atoms with van der Waals surface area (Å²) in [4.78, 5) is 10.4. The minimum Gasteiger partial charge on any atom is -0.369 e. The number of rotatable bonds is 1. The van der Waals surface area contributed by atoms with Gasteiger partial charge in [0.1, 0.15) is 0 Å². The van der Waals surface area contributed by atoms with Gasteiger partial charge in [0.2, 0.25) is 5.91 Å². The van der Waals surface area contributed by atoms with E-state index < -0.39 is 0 Å². The monoisotopic (exact) mass is 114 g/mol. The molecule has 0 aromatic heterocycles. The third kappa shape index (κ3) is 0.980. The van der Waals surface area contributed by atoms with Crippen LogP contribution in [-0.4, -0.2) is 19.0 Å². The lowest BCUT2D eigenvalue weighted by Crippen LogP contribution is -2.24. The summed E-state index contributed by atoms with van der Waals surface area (Å²) in [6.07, 6.45) is 0.912. The van der Waals surface area contributed by atoms with Crippen molar-refractivity contribution < 1.29 is 4.79 Å². The minimum absolute atomic E-state index is 0.0926. The Morgan fingerprint density at radius 3 is 2.75 bits per heavy atom. The molecule has 1 fully saturated rings. The molecule has 3 heteroatoms. The minimum atomic E-state index is -0.171. The molecule has 1 saturated heterocycles. The maximum Gasteiger partial charge on any atom is 0.221 e. The van der Waals surface area contributed by atoms with Crippen molar-refractivity contribution in [3.8, 4) is 0 Å². The van der Waals surface area contributed by atoms with Gasteiger partial charge in [-0.15, -0.1) is 0 Å². The smallest absolute Gasteiger partial charge is 0.221 e. The zero-order valence-corrected chi connectivity index (χ0v) is 4.68. The van der Waals surface area contributed by atoms with E-state index in [1.54, 1.807) is 0 Å². The molecule has 1 rings (SSSR count). The number of carbonyl (C=O) groups is 1. The van der Waals surface area contributed by atoms with E-state index >= 15 is 0 Å². The second-order valence-corrected chi connectivity index (χ2v) is 2.09. The van der Waals surface area contributed by atoms with E-state index in [1.807, 2.05) is 0 Å². The molecular formula is C5H10N2O. The molecule has 0 aromatic rings. The molecule has 0 radical (unpaired) electrons. The number of carbonyl (C=O) groups excluding carboxylic acids is 1. The Morgan fingerprint density at radius 2 is 2.50 bits per heavy atom. The summed E-state index contributed by atoms with van der Waals surface area (Å²) in [5.74, 6) is -0.0787. The summed E-state index contributed by atoms with van der Waals surface area (Å²) in [5.41, 5.74) is 5.02. The zero-order valence-electron chi connectivity index (χ0n) is 4.68. The molecule has 0 unspecified atom stereocenters. The summed E-state index contributed by atoms with van der Waals surface area (Å²) < 4.78 is 0. The fraction of sp³-hybridized carbons (Fsp3) is 0.800. The number of nitrogens with one attached hydrogen (secondary N) is 1. The van der Waals surface area contributed by atoms with Gasteiger partial charge in [0, 0.05) is 6.54 Å². The largest absolute Gasteiger partial charge is 0.369 e. The van der Waals surface area contributed by atoms with Gasteiger partial charge in [-0.05, 0) is 13.0 Å². The molecule has 0 spiro atoms. The number of primary amides is 1. The first kappa shape index (κ1) is 5.56. The van der Waals surface area contributed by atoms with Crippen molar-refractivity contribution in [2.24, 2.45) is 11.7 Å². The lowest BCUT2D eigenvalue weighted by Gasteiger charge is -1.98. The number of nitrogens with two attached hydrogens (primary N) is 1. The first-order chi connectivity index (χ1) is 3.80. The zero-order chi connectivity index (χ0) is 5.98. The molecule has 0 bridgehead atoms. The van der Waals surface area contributed by atoms with Gasteiger partial charge in [-0.3, -0.25) is 4.79 Å². The summed E-state index contributed by atoms with van der Waals surface area (Å²) in [7, 11) is 0.